The second-order valence-corrected chi connectivity index (χ2v) is 6.27. The van der Waals surface area contributed by atoms with Crippen LogP contribution in [0.3, 0.4) is 0 Å². The Labute approximate surface area is 162 Å². The number of hydrogen-bond donors (Lipinski definition) is 1. The lowest BCUT2D eigenvalue weighted by molar-refractivity contribution is 0.0690. The van der Waals surface area contributed by atoms with Gasteiger partial charge in [-0.2, -0.15) is 0 Å². The summed E-state index contributed by atoms with van der Waals surface area (Å²) in [5, 5.41) is 9.23. The second kappa shape index (κ2) is 7.48. The van der Waals surface area contributed by atoms with Gasteiger partial charge in [0.1, 0.15) is 5.75 Å². The van der Waals surface area contributed by atoms with E-state index in [0.29, 0.717) is 17.6 Å². The van der Waals surface area contributed by atoms with E-state index in [4.69, 9.17) is 4.74 Å². The highest BCUT2D eigenvalue weighted by Crippen LogP contribution is 2.35. The fourth-order valence-corrected chi connectivity index (χ4v) is 3.15. The molecule has 0 saturated carbocycles. The van der Waals surface area contributed by atoms with Gasteiger partial charge in [0.2, 0.25) is 0 Å². The summed E-state index contributed by atoms with van der Waals surface area (Å²) in [5.74, 6) is -0.287. The average Bonchev–Trinajstić information content (AvgIpc) is 2.74. The number of rotatable bonds is 5. The van der Waals surface area contributed by atoms with Crippen molar-refractivity contribution in [2.45, 2.75) is 6.92 Å². The van der Waals surface area contributed by atoms with Crippen molar-refractivity contribution in [3.05, 3.63) is 78.6 Å². The van der Waals surface area contributed by atoms with E-state index >= 15 is 0 Å². The Kier molecular flexibility index (Phi) is 4.72. The van der Waals surface area contributed by atoms with Gasteiger partial charge in [-0.1, -0.05) is 42.5 Å². The lowest BCUT2D eigenvalue weighted by Gasteiger charge is -2.13. The maximum Gasteiger partial charge on any atom is 0.356 e. The molecule has 5 nitrogen and oxygen atoms in total. The molecule has 0 fully saturated rings. The number of aromatic carboxylic acids is 1. The molecule has 0 radical (unpaired) electrons. The fraction of sp³-hybridized carbons (Fsp3) is 0.0870. The molecule has 0 amide bonds. The Morgan fingerprint density at radius 2 is 1.57 bits per heavy atom. The molecule has 0 atom stereocenters. The van der Waals surface area contributed by atoms with E-state index in [1.54, 1.807) is 0 Å². The molecule has 28 heavy (non-hydrogen) atoms. The van der Waals surface area contributed by atoms with Gasteiger partial charge in [0.05, 0.1) is 23.8 Å². The third-order valence-corrected chi connectivity index (χ3v) is 4.46. The Hall–Kier alpha value is -3.73. The fourth-order valence-electron chi connectivity index (χ4n) is 3.15. The molecule has 5 heteroatoms. The maximum absolute atomic E-state index is 11.3. The Morgan fingerprint density at radius 1 is 0.929 bits per heavy atom. The highest BCUT2D eigenvalue weighted by atomic mass is 16.5. The van der Waals surface area contributed by atoms with Gasteiger partial charge in [-0.15, -0.1) is 0 Å². The normalized spacial score (nSPS) is 10.8. The Bertz CT molecular complexity index is 1140. The number of ether oxygens (including phenoxy) is 1. The van der Waals surface area contributed by atoms with E-state index < -0.39 is 5.97 Å². The quantitative estimate of drug-likeness (QED) is 0.531. The second-order valence-electron chi connectivity index (χ2n) is 6.27. The van der Waals surface area contributed by atoms with Gasteiger partial charge in [0.15, 0.2) is 5.69 Å². The average molecular weight is 370 g/mol. The molecule has 138 valence electrons. The highest BCUT2D eigenvalue weighted by Gasteiger charge is 2.13. The van der Waals surface area contributed by atoms with E-state index in [1.165, 1.54) is 6.20 Å². The third kappa shape index (κ3) is 3.42. The smallest absolute Gasteiger partial charge is 0.356 e. The molecular weight excluding hydrogens is 352 g/mol. The molecule has 0 spiro atoms. The molecule has 3 aromatic carbocycles. The summed E-state index contributed by atoms with van der Waals surface area (Å²) in [6.07, 6.45) is 1.29. The summed E-state index contributed by atoms with van der Waals surface area (Å²) in [4.78, 5) is 19.8. The van der Waals surface area contributed by atoms with Crippen molar-refractivity contribution in [2.75, 3.05) is 6.61 Å². The molecule has 4 aromatic rings. The van der Waals surface area contributed by atoms with Crippen LogP contribution in [0.2, 0.25) is 0 Å². The van der Waals surface area contributed by atoms with Gasteiger partial charge < -0.3 is 9.84 Å². The zero-order chi connectivity index (χ0) is 19.5. The number of aromatic nitrogens is 2. The van der Waals surface area contributed by atoms with Crippen LogP contribution in [0.15, 0.2) is 72.9 Å². The minimum Gasteiger partial charge on any atom is -0.494 e. The summed E-state index contributed by atoms with van der Waals surface area (Å²) in [6, 6.07) is 21.7. The SMILES string of the molecule is CCOc1ccc(-c2cc3nc(C(=O)O)cnc3cc2-c2ccccc2)cc1. The summed E-state index contributed by atoms with van der Waals surface area (Å²) in [7, 11) is 0. The van der Waals surface area contributed by atoms with Crippen molar-refractivity contribution in [1.29, 1.82) is 0 Å². The van der Waals surface area contributed by atoms with E-state index in [-0.39, 0.29) is 5.69 Å². The molecule has 0 bridgehead atoms. The van der Waals surface area contributed by atoms with Crippen molar-refractivity contribution in [2.24, 2.45) is 0 Å². The van der Waals surface area contributed by atoms with Crippen molar-refractivity contribution >= 4 is 17.0 Å². The molecule has 0 unspecified atom stereocenters. The van der Waals surface area contributed by atoms with Gasteiger partial charge in [0, 0.05) is 0 Å². The lowest BCUT2D eigenvalue weighted by Crippen LogP contribution is -2.01. The van der Waals surface area contributed by atoms with Crippen LogP contribution >= 0.6 is 0 Å². The molecule has 0 aliphatic heterocycles. The van der Waals surface area contributed by atoms with Crippen LogP contribution in [0.5, 0.6) is 5.75 Å². The number of carbonyl (C=O) groups is 1. The van der Waals surface area contributed by atoms with Crippen molar-refractivity contribution in [3.63, 3.8) is 0 Å². The largest absolute Gasteiger partial charge is 0.494 e. The molecule has 1 N–H and O–H groups in total. The highest BCUT2D eigenvalue weighted by molar-refractivity contribution is 5.95. The molecule has 4 rings (SSSR count). The van der Waals surface area contributed by atoms with Crippen molar-refractivity contribution in [1.82, 2.24) is 9.97 Å². The minimum atomic E-state index is -1.09. The van der Waals surface area contributed by atoms with Gasteiger partial charge in [0.25, 0.3) is 0 Å². The topological polar surface area (TPSA) is 72.3 Å². The predicted molar refractivity (Wildman–Crippen MR) is 109 cm³/mol. The number of fused-ring (bicyclic) bond motifs is 1. The molecule has 1 aromatic heterocycles. The van der Waals surface area contributed by atoms with Crippen LogP contribution in [0.25, 0.3) is 33.3 Å². The number of hydrogen-bond acceptors (Lipinski definition) is 4. The summed E-state index contributed by atoms with van der Waals surface area (Å²) < 4.78 is 5.54. The molecule has 0 aliphatic rings. The number of carboxylic acids is 1. The van der Waals surface area contributed by atoms with Gasteiger partial charge in [-0.25, -0.2) is 9.78 Å². The summed E-state index contributed by atoms with van der Waals surface area (Å²) in [6.45, 7) is 2.56. The first kappa shape index (κ1) is 17.7. The van der Waals surface area contributed by atoms with E-state index in [9.17, 15) is 9.90 Å². The van der Waals surface area contributed by atoms with Crippen LogP contribution in [0.1, 0.15) is 17.4 Å². The Morgan fingerprint density at radius 3 is 2.21 bits per heavy atom. The molecule has 1 heterocycles. The van der Waals surface area contributed by atoms with Crippen LogP contribution in [-0.4, -0.2) is 27.7 Å². The molecule has 0 aliphatic carbocycles. The first-order valence-corrected chi connectivity index (χ1v) is 8.98. The number of carboxylic acid groups (broad SMARTS) is 1. The van der Waals surface area contributed by atoms with E-state index in [2.05, 4.69) is 9.97 Å². The predicted octanol–water partition coefficient (Wildman–Crippen LogP) is 5.06. The first-order valence-electron chi connectivity index (χ1n) is 8.98. The lowest BCUT2D eigenvalue weighted by atomic mass is 9.93. The first-order chi connectivity index (χ1) is 13.7. The van der Waals surface area contributed by atoms with E-state index in [0.717, 1.165) is 28.0 Å². The molecular formula is C23H18N2O3. The zero-order valence-corrected chi connectivity index (χ0v) is 15.3. The van der Waals surface area contributed by atoms with Crippen LogP contribution in [-0.2, 0) is 0 Å². The minimum absolute atomic E-state index is 0.0717. The maximum atomic E-state index is 11.3. The van der Waals surface area contributed by atoms with Gasteiger partial charge in [-0.3, -0.25) is 4.98 Å². The number of nitrogens with zero attached hydrogens (tertiary/aromatic N) is 2. The monoisotopic (exact) mass is 370 g/mol. The van der Waals surface area contributed by atoms with Crippen LogP contribution in [0.4, 0.5) is 0 Å². The summed E-state index contributed by atoms with van der Waals surface area (Å²) >= 11 is 0. The third-order valence-electron chi connectivity index (χ3n) is 4.46. The zero-order valence-electron chi connectivity index (χ0n) is 15.3. The van der Waals surface area contributed by atoms with Crippen molar-refractivity contribution in [3.8, 4) is 28.0 Å². The van der Waals surface area contributed by atoms with Gasteiger partial charge >= 0.3 is 5.97 Å². The van der Waals surface area contributed by atoms with E-state index in [1.807, 2.05) is 73.7 Å². The molecule has 0 saturated heterocycles. The van der Waals surface area contributed by atoms with Crippen LogP contribution < -0.4 is 4.74 Å². The van der Waals surface area contributed by atoms with Crippen LogP contribution in [0, 0.1) is 0 Å². The van der Waals surface area contributed by atoms with Gasteiger partial charge in [-0.05, 0) is 53.4 Å². The summed E-state index contributed by atoms with van der Waals surface area (Å²) in [5.41, 5.74) is 5.14. The van der Waals surface area contributed by atoms with Crippen molar-refractivity contribution < 1.29 is 14.6 Å². The number of benzene rings is 3. The Balaban J connectivity index is 1.93. The standard InChI is InChI=1S/C23H18N2O3/c1-2-28-17-10-8-16(9-11-17)19-13-21-20(24-14-22(25-21)23(26)27)12-18(19)15-6-4-3-5-7-15/h3-14H,2H2,1H3,(H,26,27).